The smallest absolute Gasteiger partial charge is 0.308 e. The van der Waals surface area contributed by atoms with Crippen molar-refractivity contribution in [3.63, 3.8) is 0 Å². The maximum absolute atomic E-state index is 10.9. The summed E-state index contributed by atoms with van der Waals surface area (Å²) in [6.45, 7) is 4.22. The van der Waals surface area contributed by atoms with Gasteiger partial charge in [-0.25, -0.2) is 0 Å². The summed E-state index contributed by atoms with van der Waals surface area (Å²) < 4.78 is 5.83. The van der Waals surface area contributed by atoms with E-state index in [0.717, 1.165) is 10.8 Å². The van der Waals surface area contributed by atoms with Crippen LogP contribution >= 0.6 is 22.6 Å². The molecule has 0 bridgehead atoms. The SMILES string of the molecule is CCOC(=O)C(C)CCI. The molecule has 1 unspecified atom stereocenters. The van der Waals surface area contributed by atoms with Gasteiger partial charge in [0.15, 0.2) is 0 Å². The Morgan fingerprint density at radius 1 is 1.70 bits per heavy atom. The molecule has 10 heavy (non-hydrogen) atoms. The first-order valence-corrected chi connectivity index (χ1v) is 4.97. The van der Waals surface area contributed by atoms with Crippen LogP contribution in [-0.4, -0.2) is 17.0 Å². The fourth-order valence-electron chi connectivity index (χ4n) is 0.566. The monoisotopic (exact) mass is 256 g/mol. The minimum absolute atomic E-state index is 0.0665. The summed E-state index contributed by atoms with van der Waals surface area (Å²) in [6.07, 6.45) is 0.916. The fraction of sp³-hybridized carbons (Fsp3) is 0.857. The average molecular weight is 256 g/mol. The minimum atomic E-state index is -0.0702. The highest BCUT2D eigenvalue weighted by Gasteiger charge is 2.11. The van der Waals surface area contributed by atoms with Gasteiger partial charge in [0.05, 0.1) is 12.5 Å². The van der Waals surface area contributed by atoms with Crippen molar-refractivity contribution < 1.29 is 9.53 Å². The lowest BCUT2D eigenvalue weighted by molar-refractivity contribution is -0.147. The molecule has 0 N–H and O–H groups in total. The van der Waals surface area contributed by atoms with E-state index in [1.165, 1.54) is 0 Å². The van der Waals surface area contributed by atoms with Crippen LogP contribution in [0, 0.1) is 5.92 Å². The van der Waals surface area contributed by atoms with Crippen molar-refractivity contribution in [3.8, 4) is 0 Å². The van der Waals surface area contributed by atoms with Crippen LogP contribution in [0.25, 0.3) is 0 Å². The maximum atomic E-state index is 10.9. The summed E-state index contributed by atoms with van der Waals surface area (Å²) in [4.78, 5) is 10.9. The molecule has 0 aliphatic carbocycles. The molecule has 3 heteroatoms. The van der Waals surface area contributed by atoms with Crippen LogP contribution in [0.3, 0.4) is 0 Å². The zero-order valence-electron chi connectivity index (χ0n) is 6.39. The number of carbonyl (C=O) groups excluding carboxylic acids is 1. The van der Waals surface area contributed by atoms with E-state index in [-0.39, 0.29) is 11.9 Å². The summed E-state index contributed by atoms with van der Waals surface area (Å²) in [7, 11) is 0. The van der Waals surface area contributed by atoms with Crippen molar-refractivity contribution in [2.75, 3.05) is 11.0 Å². The highest BCUT2D eigenvalue weighted by molar-refractivity contribution is 14.1. The molecule has 0 spiro atoms. The van der Waals surface area contributed by atoms with Crippen LogP contribution in [0.4, 0.5) is 0 Å². The van der Waals surface area contributed by atoms with Gasteiger partial charge in [-0.05, 0) is 13.3 Å². The Bertz CT molecular complexity index is 104. The first kappa shape index (κ1) is 10.2. The molecule has 0 aromatic heterocycles. The first-order valence-electron chi connectivity index (χ1n) is 3.45. The third kappa shape index (κ3) is 4.09. The van der Waals surface area contributed by atoms with E-state index in [1.807, 2.05) is 13.8 Å². The van der Waals surface area contributed by atoms with Crippen molar-refractivity contribution in [2.24, 2.45) is 5.92 Å². The van der Waals surface area contributed by atoms with Gasteiger partial charge in [0, 0.05) is 4.43 Å². The molecule has 0 saturated heterocycles. The van der Waals surface area contributed by atoms with Crippen LogP contribution in [-0.2, 0) is 9.53 Å². The molecule has 0 aliphatic heterocycles. The van der Waals surface area contributed by atoms with E-state index >= 15 is 0 Å². The lowest BCUT2D eigenvalue weighted by Gasteiger charge is -2.07. The molecule has 0 aliphatic rings. The molecule has 0 amide bonds. The molecule has 2 nitrogen and oxygen atoms in total. The summed E-state index contributed by atoms with van der Waals surface area (Å²) in [6, 6.07) is 0. The first-order chi connectivity index (χ1) is 4.72. The molecular weight excluding hydrogens is 243 g/mol. The van der Waals surface area contributed by atoms with Gasteiger partial charge in [-0.1, -0.05) is 29.5 Å². The van der Waals surface area contributed by atoms with Gasteiger partial charge in [0.1, 0.15) is 0 Å². The number of hydrogen-bond donors (Lipinski definition) is 0. The second kappa shape index (κ2) is 5.95. The van der Waals surface area contributed by atoms with Gasteiger partial charge < -0.3 is 4.74 Å². The number of hydrogen-bond acceptors (Lipinski definition) is 2. The third-order valence-electron chi connectivity index (χ3n) is 1.23. The molecule has 0 rings (SSSR count). The number of alkyl halides is 1. The molecule has 0 aromatic carbocycles. The Hall–Kier alpha value is 0.200. The number of rotatable bonds is 4. The van der Waals surface area contributed by atoms with Gasteiger partial charge in [0.2, 0.25) is 0 Å². The Balaban J connectivity index is 3.49. The van der Waals surface area contributed by atoms with E-state index in [4.69, 9.17) is 4.74 Å². The van der Waals surface area contributed by atoms with Gasteiger partial charge in [-0.15, -0.1) is 0 Å². The Kier molecular flexibility index (Phi) is 6.06. The van der Waals surface area contributed by atoms with E-state index < -0.39 is 0 Å². The normalized spacial score (nSPS) is 12.7. The third-order valence-corrected chi connectivity index (χ3v) is 1.85. The van der Waals surface area contributed by atoms with Crippen LogP contribution in [0.5, 0.6) is 0 Å². The predicted octanol–water partition coefficient (Wildman–Crippen LogP) is 2.01. The summed E-state index contributed by atoms with van der Waals surface area (Å²) in [5.74, 6) is -0.00369. The summed E-state index contributed by atoms with van der Waals surface area (Å²) in [5, 5.41) is 0. The standard InChI is InChI=1S/C7H13IO2/c1-3-10-7(9)6(2)4-5-8/h6H,3-5H2,1-2H3. The van der Waals surface area contributed by atoms with Crippen molar-refractivity contribution in [2.45, 2.75) is 20.3 Å². The van der Waals surface area contributed by atoms with Crippen LogP contribution in [0.1, 0.15) is 20.3 Å². The van der Waals surface area contributed by atoms with Gasteiger partial charge in [-0.3, -0.25) is 4.79 Å². The Morgan fingerprint density at radius 2 is 2.30 bits per heavy atom. The Morgan fingerprint density at radius 3 is 2.70 bits per heavy atom. The highest BCUT2D eigenvalue weighted by atomic mass is 127. The molecule has 60 valence electrons. The lowest BCUT2D eigenvalue weighted by atomic mass is 10.1. The van der Waals surface area contributed by atoms with Crippen LogP contribution in [0.15, 0.2) is 0 Å². The number of halogens is 1. The van der Waals surface area contributed by atoms with Gasteiger partial charge >= 0.3 is 5.97 Å². The van der Waals surface area contributed by atoms with E-state index in [0.29, 0.717) is 6.61 Å². The zero-order valence-corrected chi connectivity index (χ0v) is 8.55. The fourth-order valence-corrected chi connectivity index (χ4v) is 1.50. The summed E-state index contributed by atoms with van der Waals surface area (Å²) in [5.41, 5.74) is 0. The van der Waals surface area contributed by atoms with Crippen molar-refractivity contribution in [1.82, 2.24) is 0 Å². The van der Waals surface area contributed by atoms with Gasteiger partial charge in [-0.2, -0.15) is 0 Å². The lowest BCUT2D eigenvalue weighted by Crippen LogP contribution is -2.14. The predicted molar refractivity (Wildman–Crippen MR) is 49.3 cm³/mol. The minimum Gasteiger partial charge on any atom is -0.466 e. The van der Waals surface area contributed by atoms with E-state index in [1.54, 1.807) is 0 Å². The van der Waals surface area contributed by atoms with Crippen LogP contribution in [0.2, 0.25) is 0 Å². The summed E-state index contributed by atoms with van der Waals surface area (Å²) >= 11 is 2.26. The van der Waals surface area contributed by atoms with Crippen LogP contribution < -0.4 is 0 Å². The van der Waals surface area contributed by atoms with Crippen molar-refractivity contribution >= 4 is 28.6 Å². The number of carbonyl (C=O) groups is 1. The van der Waals surface area contributed by atoms with Crippen molar-refractivity contribution in [3.05, 3.63) is 0 Å². The average Bonchev–Trinajstić information content (AvgIpc) is 1.89. The van der Waals surface area contributed by atoms with Crippen molar-refractivity contribution in [1.29, 1.82) is 0 Å². The molecule has 0 heterocycles. The van der Waals surface area contributed by atoms with E-state index in [9.17, 15) is 4.79 Å². The maximum Gasteiger partial charge on any atom is 0.308 e. The quantitative estimate of drug-likeness (QED) is 0.437. The molecule has 0 fully saturated rings. The zero-order chi connectivity index (χ0) is 7.98. The second-order valence-electron chi connectivity index (χ2n) is 2.13. The molecular formula is C7H13IO2. The number of ether oxygens (including phenoxy) is 1. The topological polar surface area (TPSA) is 26.3 Å². The molecule has 0 saturated carbocycles. The largest absolute Gasteiger partial charge is 0.466 e. The molecule has 0 aromatic rings. The van der Waals surface area contributed by atoms with E-state index in [2.05, 4.69) is 22.6 Å². The molecule has 0 radical (unpaired) electrons. The highest BCUT2D eigenvalue weighted by Crippen LogP contribution is 2.06. The molecule has 1 atom stereocenters. The second-order valence-corrected chi connectivity index (χ2v) is 3.21. The van der Waals surface area contributed by atoms with Gasteiger partial charge in [0.25, 0.3) is 0 Å². The Labute approximate surface area is 75.5 Å². The number of esters is 1.